The second kappa shape index (κ2) is 3.42. The molecule has 2 N–H and O–H groups in total. The van der Waals surface area contributed by atoms with Crippen molar-refractivity contribution in [2.75, 3.05) is 20.1 Å². The van der Waals surface area contributed by atoms with Crippen molar-refractivity contribution in [3.05, 3.63) is 0 Å². The van der Waals surface area contributed by atoms with E-state index in [1.54, 1.807) is 11.9 Å². The Hall–Kier alpha value is -1.26. The van der Waals surface area contributed by atoms with Crippen molar-refractivity contribution in [1.29, 1.82) is 0 Å². The lowest BCUT2D eigenvalue weighted by Crippen LogP contribution is -2.43. The van der Waals surface area contributed by atoms with E-state index in [4.69, 9.17) is 0 Å². The number of hydrogen-bond acceptors (Lipinski definition) is 2. The molecule has 1 heterocycles. The first-order valence-corrected chi connectivity index (χ1v) is 3.94. The minimum atomic E-state index is -0.387. The molecule has 1 rings (SSSR count). The van der Waals surface area contributed by atoms with Crippen molar-refractivity contribution in [3.8, 4) is 0 Å². The summed E-state index contributed by atoms with van der Waals surface area (Å²) in [5, 5.41) is 5.06. The van der Waals surface area contributed by atoms with Crippen LogP contribution in [0, 0.1) is 0 Å². The zero-order chi connectivity index (χ0) is 9.14. The molecule has 1 aliphatic rings. The van der Waals surface area contributed by atoms with Crippen LogP contribution in [-0.4, -0.2) is 43.0 Å². The number of rotatable bonds is 2. The summed E-state index contributed by atoms with van der Waals surface area (Å²) in [7, 11) is 1.72. The summed E-state index contributed by atoms with van der Waals surface area (Å²) in [6.07, 6.45) is 0. The van der Waals surface area contributed by atoms with Gasteiger partial charge in [-0.25, -0.2) is 4.79 Å². The van der Waals surface area contributed by atoms with Crippen molar-refractivity contribution in [2.45, 2.75) is 13.0 Å². The molecule has 12 heavy (non-hydrogen) atoms. The van der Waals surface area contributed by atoms with E-state index in [0.717, 1.165) is 0 Å². The van der Waals surface area contributed by atoms with Crippen LogP contribution in [0.15, 0.2) is 0 Å². The molecule has 0 bridgehead atoms. The molecule has 0 aromatic heterocycles. The van der Waals surface area contributed by atoms with Gasteiger partial charge >= 0.3 is 6.03 Å². The van der Waals surface area contributed by atoms with Crippen LogP contribution < -0.4 is 10.6 Å². The van der Waals surface area contributed by atoms with Crippen LogP contribution in [0.1, 0.15) is 6.92 Å². The number of nitrogens with zero attached hydrogens (tertiary/aromatic N) is 1. The molecule has 1 atom stereocenters. The Balaban J connectivity index is 2.48. The lowest BCUT2D eigenvalue weighted by atomic mass is 10.3. The number of urea groups is 1. The quantitative estimate of drug-likeness (QED) is 0.568. The summed E-state index contributed by atoms with van der Waals surface area (Å²) < 4.78 is 0. The van der Waals surface area contributed by atoms with Crippen LogP contribution in [0.2, 0.25) is 0 Å². The van der Waals surface area contributed by atoms with Crippen LogP contribution in [-0.2, 0) is 4.79 Å². The van der Waals surface area contributed by atoms with Gasteiger partial charge in [0.15, 0.2) is 0 Å². The van der Waals surface area contributed by atoms with Gasteiger partial charge in [-0.3, -0.25) is 4.79 Å². The molecule has 68 valence electrons. The van der Waals surface area contributed by atoms with Crippen molar-refractivity contribution < 1.29 is 9.59 Å². The third kappa shape index (κ3) is 1.66. The van der Waals surface area contributed by atoms with Gasteiger partial charge in [0.2, 0.25) is 5.91 Å². The first-order valence-electron chi connectivity index (χ1n) is 3.94. The number of hydrogen-bond donors (Lipinski definition) is 2. The molecule has 5 nitrogen and oxygen atoms in total. The first-order chi connectivity index (χ1) is 5.65. The Labute approximate surface area is 71.1 Å². The number of carbonyl (C=O) groups excluding carboxylic acids is 2. The highest BCUT2D eigenvalue weighted by molar-refractivity contribution is 5.90. The largest absolute Gasteiger partial charge is 0.344 e. The highest BCUT2D eigenvalue weighted by Gasteiger charge is 2.28. The predicted molar refractivity (Wildman–Crippen MR) is 43.6 cm³/mol. The van der Waals surface area contributed by atoms with E-state index >= 15 is 0 Å². The maximum atomic E-state index is 11.4. The second-order valence-electron chi connectivity index (χ2n) is 2.76. The summed E-state index contributed by atoms with van der Waals surface area (Å²) in [6.45, 7) is 2.94. The fourth-order valence-electron chi connectivity index (χ4n) is 1.03. The van der Waals surface area contributed by atoms with Crippen LogP contribution in [0.25, 0.3) is 0 Å². The fourth-order valence-corrected chi connectivity index (χ4v) is 1.03. The molecule has 5 heteroatoms. The monoisotopic (exact) mass is 171 g/mol. The molecule has 0 spiro atoms. The molecular weight excluding hydrogens is 158 g/mol. The van der Waals surface area contributed by atoms with Crippen molar-refractivity contribution in [1.82, 2.24) is 15.5 Å². The molecule has 3 amide bonds. The first kappa shape index (κ1) is 8.83. The van der Waals surface area contributed by atoms with Crippen LogP contribution >= 0.6 is 0 Å². The lowest BCUT2D eigenvalue weighted by molar-refractivity contribution is -0.131. The second-order valence-corrected chi connectivity index (χ2v) is 2.76. The number of nitrogens with one attached hydrogen (secondary N) is 2. The van der Waals surface area contributed by atoms with Gasteiger partial charge in [0, 0.05) is 20.1 Å². The highest BCUT2D eigenvalue weighted by Crippen LogP contribution is 1.95. The van der Waals surface area contributed by atoms with Gasteiger partial charge in [0.05, 0.1) is 0 Å². The van der Waals surface area contributed by atoms with E-state index in [-0.39, 0.29) is 18.0 Å². The summed E-state index contributed by atoms with van der Waals surface area (Å²) >= 11 is 0. The van der Waals surface area contributed by atoms with Crippen molar-refractivity contribution in [2.24, 2.45) is 0 Å². The Morgan fingerprint density at radius 2 is 2.42 bits per heavy atom. The van der Waals surface area contributed by atoms with Crippen molar-refractivity contribution >= 4 is 11.9 Å². The third-order valence-corrected chi connectivity index (χ3v) is 1.92. The summed E-state index contributed by atoms with van der Waals surface area (Å²) in [4.78, 5) is 23.7. The van der Waals surface area contributed by atoms with Crippen molar-refractivity contribution in [3.63, 3.8) is 0 Å². The average Bonchev–Trinajstić information content (AvgIpc) is 2.49. The van der Waals surface area contributed by atoms with E-state index in [1.165, 1.54) is 0 Å². The molecule has 0 saturated carbocycles. The van der Waals surface area contributed by atoms with E-state index in [1.807, 2.05) is 6.92 Å². The van der Waals surface area contributed by atoms with Crippen LogP contribution in [0.3, 0.4) is 0 Å². The molecule has 1 saturated heterocycles. The maximum absolute atomic E-state index is 11.4. The molecule has 1 aliphatic heterocycles. The molecule has 0 aliphatic carbocycles. The van der Waals surface area contributed by atoms with Gasteiger partial charge in [0.1, 0.15) is 6.04 Å². The van der Waals surface area contributed by atoms with E-state index < -0.39 is 0 Å². The molecule has 0 radical (unpaired) electrons. The minimum absolute atomic E-state index is 0.0455. The fraction of sp³-hybridized carbons (Fsp3) is 0.714. The molecule has 0 aromatic rings. The lowest BCUT2D eigenvalue weighted by Gasteiger charge is -2.17. The molecular formula is C7H13N3O2. The van der Waals surface area contributed by atoms with Gasteiger partial charge in [-0.2, -0.15) is 0 Å². The third-order valence-electron chi connectivity index (χ3n) is 1.92. The SMILES string of the molecule is CCN(C)C(=O)C1CNC(=O)N1. The summed E-state index contributed by atoms with van der Waals surface area (Å²) in [6, 6.07) is -0.652. The summed E-state index contributed by atoms with van der Waals surface area (Å²) in [5.41, 5.74) is 0. The Morgan fingerprint density at radius 1 is 1.75 bits per heavy atom. The number of carbonyl (C=O) groups is 2. The van der Waals surface area contributed by atoms with Crippen LogP contribution in [0.5, 0.6) is 0 Å². The van der Waals surface area contributed by atoms with E-state index in [2.05, 4.69) is 10.6 Å². The molecule has 0 aromatic carbocycles. The average molecular weight is 171 g/mol. The predicted octanol–water partition coefficient (Wildman–Crippen LogP) is -0.854. The summed E-state index contributed by atoms with van der Waals surface area (Å²) in [5.74, 6) is -0.0455. The van der Waals surface area contributed by atoms with E-state index in [9.17, 15) is 9.59 Å². The Kier molecular flexibility index (Phi) is 2.52. The Morgan fingerprint density at radius 3 is 2.83 bits per heavy atom. The van der Waals surface area contributed by atoms with E-state index in [0.29, 0.717) is 13.1 Å². The van der Waals surface area contributed by atoms with Gasteiger partial charge in [-0.1, -0.05) is 0 Å². The van der Waals surface area contributed by atoms with Crippen LogP contribution in [0.4, 0.5) is 4.79 Å². The molecule has 1 unspecified atom stereocenters. The zero-order valence-corrected chi connectivity index (χ0v) is 7.26. The normalized spacial score (nSPS) is 21.5. The smallest absolute Gasteiger partial charge is 0.315 e. The van der Waals surface area contributed by atoms with Gasteiger partial charge in [-0.05, 0) is 6.92 Å². The Bertz CT molecular complexity index is 205. The number of amides is 3. The van der Waals surface area contributed by atoms with Gasteiger partial charge < -0.3 is 15.5 Å². The zero-order valence-electron chi connectivity index (χ0n) is 7.26. The maximum Gasteiger partial charge on any atom is 0.315 e. The molecule has 1 fully saturated rings. The highest BCUT2D eigenvalue weighted by atomic mass is 16.2. The standard InChI is InChI=1S/C7H13N3O2/c1-3-10(2)6(11)5-4-8-7(12)9-5/h5H,3-4H2,1-2H3,(H2,8,9,12). The number of likely N-dealkylation sites (N-methyl/N-ethyl adjacent to an activating group) is 1. The van der Waals surface area contributed by atoms with Gasteiger partial charge in [-0.15, -0.1) is 0 Å². The van der Waals surface area contributed by atoms with Gasteiger partial charge in [0.25, 0.3) is 0 Å². The topological polar surface area (TPSA) is 61.4 Å². The minimum Gasteiger partial charge on any atom is -0.344 e.